The molecule has 0 spiro atoms. The molecule has 1 fully saturated rings. The van der Waals surface area contributed by atoms with Gasteiger partial charge in [-0.05, 0) is 25.0 Å². The van der Waals surface area contributed by atoms with Crippen LogP contribution in [0.1, 0.15) is 36.6 Å². The van der Waals surface area contributed by atoms with Crippen LogP contribution in [-0.2, 0) is 0 Å². The zero-order valence-corrected chi connectivity index (χ0v) is 9.91. The minimum Gasteiger partial charge on any atom is -0.327 e. The molecule has 3 nitrogen and oxygen atoms in total. The van der Waals surface area contributed by atoms with Crippen LogP contribution in [0.2, 0.25) is 0 Å². The third-order valence-electron chi connectivity index (χ3n) is 3.32. The maximum atomic E-state index is 6.18. The van der Waals surface area contributed by atoms with Crippen LogP contribution in [0.4, 0.5) is 0 Å². The summed E-state index contributed by atoms with van der Waals surface area (Å²) in [5.41, 5.74) is 7.19. The molecule has 84 valence electrons. The van der Waals surface area contributed by atoms with Gasteiger partial charge in [0.15, 0.2) is 0 Å². The summed E-state index contributed by atoms with van der Waals surface area (Å²) >= 11 is 1.71. The highest BCUT2D eigenvalue weighted by Crippen LogP contribution is 2.35. The van der Waals surface area contributed by atoms with Gasteiger partial charge in [0.25, 0.3) is 0 Å². The summed E-state index contributed by atoms with van der Waals surface area (Å²) in [6.07, 6.45) is 6.68. The van der Waals surface area contributed by atoms with Crippen molar-refractivity contribution in [3.63, 3.8) is 0 Å². The van der Waals surface area contributed by atoms with Gasteiger partial charge >= 0.3 is 0 Å². The number of hydrogen-bond acceptors (Lipinski definition) is 4. The minimum atomic E-state index is 0.286. The highest BCUT2D eigenvalue weighted by Gasteiger charge is 2.26. The average Bonchev–Trinajstić information content (AvgIpc) is 2.73. The van der Waals surface area contributed by atoms with Crippen molar-refractivity contribution in [2.24, 2.45) is 5.73 Å². The fraction of sp³-hybridized carbons (Fsp3) is 0.500. The van der Waals surface area contributed by atoms with E-state index in [9.17, 15) is 0 Å². The fourth-order valence-electron chi connectivity index (χ4n) is 2.41. The third kappa shape index (κ3) is 1.72. The van der Waals surface area contributed by atoms with Gasteiger partial charge in [-0.2, -0.15) is 0 Å². The summed E-state index contributed by atoms with van der Waals surface area (Å²) in [6, 6.07) is 4.25. The predicted octanol–water partition coefficient (Wildman–Crippen LogP) is 2.68. The van der Waals surface area contributed by atoms with Gasteiger partial charge in [-0.3, -0.25) is 0 Å². The summed E-state index contributed by atoms with van der Waals surface area (Å²) in [7, 11) is 0. The number of fused-ring (bicyclic) bond motifs is 1. The van der Waals surface area contributed by atoms with Crippen LogP contribution in [0, 0.1) is 0 Å². The molecule has 0 bridgehead atoms. The lowest BCUT2D eigenvalue weighted by molar-refractivity contribution is 0.385. The lowest BCUT2D eigenvalue weighted by atomic mass is 9.85. The smallest absolute Gasteiger partial charge is 0.143 e. The van der Waals surface area contributed by atoms with E-state index >= 15 is 0 Å². The van der Waals surface area contributed by atoms with Crippen LogP contribution in [0.15, 0.2) is 18.3 Å². The van der Waals surface area contributed by atoms with Crippen molar-refractivity contribution in [3.05, 3.63) is 23.3 Å². The molecule has 4 heteroatoms. The Morgan fingerprint density at radius 1 is 1.31 bits per heavy atom. The van der Waals surface area contributed by atoms with Crippen molar-refractivity contribution in [2.75, 3.05) is 0 Å². The van der Waals surface area contributed by atoms with E-state index < -0.39 is 0 Å². The molecule has 1 saturated carbocycles. The summed E-state index contributed by atoms with van der Waals surface area (Å²) in [6.45, 7) is 0. The van der Waals surface area contributed by atoms with Crippen LogP contribution in [-0.4, -0.2) is 16.0 Å². The lowest BCUT2D eigenvalue weighted by Crippen LogP contribution is -2.31. The van der Waals surface area contributed by atoms with Gasteiger partial charge in [-0.15, -0.1) is 0 Å². The number of thiazole rings is 1. The van der Waals surface area contributed by atoms with E-state index in [2.05, 4.69) is 9.97 Å². The van der Waals surface area contributed by atoms with Crippen LogP contribution in [0.5, 0.6) is 0 Å². The Morgan fingerprint density at radius 2 is 2.19 bits per heavy atom. The van der Waals surface area contributed by atoms with Crippen LogP contribution < -0.4 is 5.73 Å². The highest BCUT2D eigenvalue weighted by molar-refractivity contribution is 7.18. The molecule has 0 aromatic carbocycles. The Bertz CT molecular complexity index is 461. The quantitative estimate of drug-likeness (QED) is 0.824. The van der Waals surface area contributed by atoms with Gasteiger partial charge in [0, 0.05) is 18.2 Å². The molecule has 1 aliphatic rings. The van der Waals surface area contributed by atoms with Gasteiger partial charge in [-0.25, -0.2) is 9.97 Å². The van der Waals surface area contributed by atoms with Crippen LogP contribution in [0.3, 0.4) is 0 Å². The number of aromatic nitrogens is 2. The predicted molar refractivity (Wildman–Crippen MR) is 66.6 cm³/mol. The molecule has 2 unspecified atom stereocenters. The summed E-state index contributed by atoms with van der Waals surface area (Å²) in [5.74, 6) is 0.452. The van der Waals surface area contributed by atoms with Gasteiger partial charge in [-0.1, -0.05) is 24.2 Å². The molecule has 0 aliphatic heterocycles. The first-order chi connectivity index (χ1) is 7.84. The van der Waals surface area contributed by atoms with Crippen molar-refractivity contribution < 1.29 is 0 Å². The standard InChI is InChI=1S/C12H15N3S/c13-9-5-2-1-4-8(9)11-15-10-6-3-7-14-12(10)16-11/h3,6-9H,1-2,4-5,13H2. The van der Waals surface area contributed by atoms with E-state index in [1.807, 2.05) is 18.3 Å². The molecule has 2 aromatic rings. The second kappa shape index (κ2) is 4.11. The third-order valence-corrected chi connectivity index (χ3v) is 4.43. The van der Waals surface area contributed by atoms with Crippen LogP contribution >= 0.6 is 11.3 Å². The largest absolute Gasteiger partial charge is 0.327 e. The van der Waals surface area contributed by atoms with Gasteiger partial charge < -0.3 is 5.73 Å². The van der Waals surface area contributed by atoms with Crippen molar-refractivity contribution in [1.29, 1.82) is 0 Å². The number of pyridine rings is 1. The molecule has 1 aliphatic carbocycles. The summed E-state index contributed by atoms with van der Waals surface area (Å²) < 4.78 is 0. The molecule has 2 N–H and O–H groups in total. The van der Waals surface area contributed by atoms with E-state index in [1.54, 1.807) is 11.3 Å². The fourth-order valence-corrected chi connectivity index (χ4v) is 3.53. The van der Waals surface area contributed by atoms with E-state index in [0.29, 0.717) is 5.92 Å². The number of nitrogens with two attached hydrogens (primary N) is 1. The van der Waals surface area contributed by atoms with E-state index in [-0.39, 0.29) is 6.04 Å². The van der Waals surface area contributed by atoms with Crippen molar-refractivity contribution in [2.45, 2.75) is 37.6 Å². The van der Waals surface area contributed by atoms with Crippen molar-refractivity contribution in [1.82, 2.24) is 9.97 Å². The Morgan fingerprint density at radius 3 is 3.00 bits per heavy atom. The molecule has 0 saturated heterocycles. The number of hydrogen-bond donors (Lipinski definition) is 1. The molecule has 0 amide bonds. The second-order valence-electron chi connectivity index (χ2n) is 4.43. The van der Waals surface area contributed by atoms with Crippen LogP contribution in [0.25, 0.3) is 10.3 Å². The Labute approximate surface area is 98.7 Å². The van der Waals surface area contributed by atoms with Crippen molar-refractivity contribution >= 4 is 21.7 Å². The average molecular weight is 233 g/mol. The van der Waals surface area contributed by atoms with Gasteiger partial charge in [0.2, 0.25) is 0 Å². The van der Waals surface area contributed by atoms with Gasteiger partial charge in [0.1, 0.15) is 15.4 Å². The molecule has 0 radical (unpaired) electrons. The highest BCUT2D eigenvalue weighted by atomic mass is 32.1. The maximum Gasteiger partial charge on any atom is 0.143 e. The first-order valence-corrected chi connectivity index (χ1v) is 6.63. The Kier molecular flexibility index (Phi) is 2.61. The second-order valence-corrected chi connectivity index (χ2v) is 5.44. The number of rotatable bonds is 1. The minimum absolute atomic E-state index is 0.286. The number of nitrogens with zero attached hydrogens (tertiary/aromatic N) is 2. The molecular formula is C12H15N3S. The molecular weight excluding hydrogens is 218 g/mol. The molecule has 2 heterocycles. The molecule has 2 aromatic heterocycles. The molecule has 2 atom stereocenters. The zero-order chi connectivity index (χ0) is 11.0. The zero-order valence-electron chi connectivity index (χ0n) is 9.10. The monoisotopic (exact) mass is 233 g/mol. The van der Waals surface area contributed by atoms with Gasteiger partial charge in [0.05, 0.1) is 0 Å². The first-order valence-electron chi connectivity index (χ1n) is 5.81. The molecule has 3 rings (SSSR count). The van der Waals surface area contributed by atoms with E-state index in [4.69, 9.17) is 5.73 Å². The van der Waals surface area contributed by atoms with E-state index in [0.717, 1.165) is 16.8 Å². The van der Waals surface area contributed by atoms with E-state index in [1.165, 1.54) is 24.3 Å². The Balaban J connectivity index is 1.98. The van der Waals surface area contributed by atoms with Crippen molar-refractivity contribution in [3.8, 4) is 0 Å². The first kappa shape index (κ1) is 10.2. The lowest BCUT2D eigenvalue weighted by Gasteiger charge is -2.26. The SMILES string of the molecule is NC1CCCCC1c1nc2cccnc2s1. The molecule has 16 heavy (non-hydrogen) atoms. The summed E-state index contributed by atoms with van der Waals surface area (Å²) in [5, 5.41) is 1.18. The normalized spacial score (nSPS) is 26.1. The topological polar surface area (TPSA) is 51.8 Å². The Hall–Kier alpha value is -1.00. The summed E-state index contributed by atoms with van der Waals surface area (Å²) in [4.78, 5) is 10.0. The maximum absolute atomic E-state index is 6.18.